The van der Waals surface area contributed by atoms with Gasteiger partial charge in [0.25, 0.3) is 0 Å². The second-order valence-electron chi connectivity index (χ2n) is 3.18. The summed E-state index contributed by atoms with van der Waals surface area (Å²) >= 11 is 0. The number of ether oxygens (including phenoxy) is 1. The summed E-state index contributed by atoms with van der Waals surface area (Å²) in [5, 5.41) is 0. The minimum absolute atomic E-state index is 0.0906. The molecule has 0 unspecified atom stereocenters. The van der Waals surface area contributed by atoms with Gasteiger partial charge in [-0.1, -0.05) is 0 Å². The van der Waals surface area contributed by atoms with Crippen molar-refractivity contribution in [1.29, 1.82) is 0 Å². The van der Waals surface area contributed by atoms with E-state index >= 15 is 0 Å². The van der Waals surface area contributed by atoms with E-state index in [9.17, 15) is 9.59 Å². The first-order valence-electron chi connectivity index (χ1n) is 4.82. The number of hydrogen-bond donors (Lipinski definition) is 1. The van der Waals surface area contributed by atoms with Crippen molar-refractivity contribution in [3.63, 3.8) is 0 Å². The van der Waals surface area contributed by atoms with E-state index in [0.29, 0.717) is 5.56 Å². The van der Waals surface area contributed by atoms with E-state index in [0.717, 1.165) is 0 Å². The molecular formula is C10H13N3O3. The molecular weight excluding hydrogens is 210 g/mol. The molecule has 0 bridgehead atoms. The quantitative estimate of drug-likeness (QED) is 0.724. The van der Waals surface area contributed by atoms with Crippen molar-refractivity contribution in [2.75, 3.05) is 6.61 Å². The van der Waals surface area contributed by atoms with Crippen LogP contribution in [-0.2, 0) is 16.0 Å². The van der Waals surface area contributed by atoms with Crippen molar-refractivity contribution >= 4 is 11.9 Å². The maximum atomic E-state index is 11.5. The molecule has 2 N–H and O–H groups in total. The minimum atomic E-state index is -0.543. The Labute approximate surface area is 92.8 Å². The summed E-state index contributed by atoms with van der Waals surface area (Å²) in [5.74, 6) is -0.840. The Kier molecular flexibility index (Phi) is 3.93. The number of amides is 1. The van der Waals surface area contributed by atoms with E-state index in [1.54, 1.807) is 13.8 Å². The van der Waals surface area contributed by atoms with Crippen molar-refractivity contribution in [1.82, 2.24) is 9.97 Å². The van der Waals surface area contributed by atoms with Crippen molar-refractivity contribution in [3.05, 3.63) is 23.3 Å². The predicted octanol–water partition coefficient (Wildman–Crippen LogP) is -0.0105. The van der Waals surface area contributed by atoms with E-state index < -0.39 is 11.9 Å². The highest BCUT2D eigenvalue weighted by atomic mass is 16.5. The van der Waals surface area contributed by atoms with Gasteiger partial charge in [-0.3, -0.25) is 4.79 Å². The number of aromatic nitrogens is 2. The van der Waals surface area contributed by atoms with Crippen LogP contribution in [0.15, 0.2) is 6.20 Å². The van der Waals surface area contributed by atoms with Gasteiger partial charge in [0.2, 0.25) is 5.91 Å². The molecule has 0 spiro atoms. The van der Waals surface area contributed by atoms with E-state index in [4.69, 9.17) is 10.5 Å². The van der Waals surface area contributed by atoms with Gasteiger partial charge in [-0.2, -0.15) is 0 Å². The van der Waals surface area contributed by atoms with Gasteiger partial charge in [-0.15, -0.1) is 0 Å². The third-order valence-electron chi connectivity index (χ3n) is 1.82. The van der Waals surface area contributed by atoms with Gasteiger partial charge in [0.1, 0.15) is 5.82 Å². The molecule has 1 heterocycles. The third-order valence-corrected chi connectivity index (χ3v) is 1.82. The molecule has 0 fully saturated rings. The lowest BCUT2D eigenvalue weighted by Crippen LogP contribution is -2.18. The maximum absolute atomic E-state index is 11.5. The van der Waals surface area contributed by atoms with Crippen molar-refractivity contribution in [2.45, 2.75) is 20.3 Å². The first kappa shape index (κ1) is 12.1. The summed E-state index contributed by atoms with van der Waals surface area (Å²) in [7, 11) is 0. The number of hydrogen-bond acceptors (Lipinski definition) is 5. The summed E-state index contributed by atoms with van der Waals surface area (Å²) in [4.78, 5) is 30.0. The van der Waals surface area contributed by atoms with Gasteiger partial charge < -0.3 is 10.5 Å². The fraction of sp³-hybridized carbons (Fsp3) is 0.400. The molecule has 1 amide bonds. The lowest BCUT2D eigenvalue weighted by molar-refractivity contribution is -0.117. The number of carbonyl (C=O) groups is 2. The highest BCUT2D eigenvalue weighted by Crippen LogP contribution is 2.06. The molecule has 0 aliphatic carbocycles. The summed E-state index contributed by atoms with van der Waals surface area (Å²) < 4.78 is 4.82. The molecule has 6 heteroatoms. The average Bonchev–Trinajstić information content (AvgIpc) is 2.20. The van der Waals surface area contributed by atoms with Crippen LogP contribution >= 0.6 is 0 Å². The normalized spacial score (nSPS) is 9.88. The molecule has 0 saturated carbocycles. The molecule has 86 valence electrons. The number of aryl methyl sites for hydroxylation is 1. The van der Waals surface area contributed by atoms with Gasteiger partial charge in [0, 0.05) is 11.8 Å². The maximum Gasteiger partial charge on any atom is 0.357 e. The largest absolute Gasteiger partial charge is 0.461 e. The van der Waals surface area contributed by atoms with Crippen LogP contribution in [0.4, 0.5) is 0 Å². The Hall–Kier alpha value is -1.98. The van der Waals surface area contributed by atoms with Crippen LogP contribution in [0.3, 0.4) is 0 Å². The standard InChI is InChI=1S/C10H13N3O3/c1-3-16-10(15)9-6(2)5-12-8(13-9)4-7(11)14/h5H,3-4H2,1-2H3,(H2,11,14). The third kappa shape index (κ3) is 3.01. The summed E-state index contributed by atoms with van der Waals surface area (Å²) in [5.41, 5.74) is 5.79. The van der Waals surface area contributed by atoms with Crippen LogP contribution in [0, 0.1) is 6.92 Å². The Morgan fingerprint density at radius 3 is 2.75 bits per heavy atom. The first-order valence-corrected chi connectivity index (χ1v) is 4.82. The Morgan fingerprint density at radius 2 is 2.19 bits per heavy atom. The smallest absolute Gasteiger partial charge is 0.357 e. The predicted molar refractivity (Wildman–Crippen MR) is 55.6 cm³/mol. The second-order valence-corrected chi connectivity index (χ2v) is 3.18. The lowest BCUT2D eigenvalue weighted by Gasteiger charge is -2.05. The number of nitrogens with zero attached hydrogens (tertiary/aromatic N) is 2. The van der Waals surface area contributed by atoms with Crippen LogP contribution in [0.25, 0.3) is 0 Å². The number of rotatable bonds is 4. The van der Waals surface area contributed by atoms with Crippen LogP contribution < -0.4 is 5.73 Å². The first-order chi connectivity index (χ1) is 7.54. The molecule has 1 rings (SSSR count). The number of carbonyl (C=O) groups excluding carboxylic acids is 2. The van der Waals surface area contributed by atoms with Crippen molar-refractivity contribution in [2.24, 2.45) is 5.73 Å². The van der Waals surface area contributed by atoms with Gasteiger partial charge in [-0.05, 0) is 13.8 Å². The van der Waals surface area contributed by atoms with Crippen LogP contribution in [0.1, 0.15) is 28.8 Å². The molecule has 1 aromatic heterocycles. The van der Waals surface area contributed by atoms with Gasteiger partial charge in [0.05, 0.1) is 13.0 Å². The average molecular weight is 223 g/mol. The summed E-state index contributed by atoms with van der Waals surface area (Å²) in [6.07, 6.45) is 1.38. The lowest BCUT2D eigenvalue weighted by atomic mass is 10.2. The highest BCUT2D eigenvalue weighted by Gasteiger charge is 2.14. The highest BCUT2D eigenvalue weighted by molar-refractivity contribution is 5.88. The molecule has 0 atom stereocenters. The Bertz CT molecular complexity index is 418. The SMILES string of the molecule is CCOC(=O)c1nc(CC(N)=O)ncc1C. The minimum Gasteiger partial charge on any atom is -0.461 e. The zero-order chi connectivity index (χ0) is 12.1. The fourth-order valence-corrected chi connectivity index (χ4v) is 1.13. The van der Waals surface area contributed by atoms with Crippen molar-refractivity contribution < 1.29 is 14.3 Å². The van der Waals surface area contributed by atoms with Gasteiger partial charge in [-0.25, -0.2) is 14.8 Å². The molecule has 0 saturated heterocycles. The molecule has 16 heavy (non-hydrogen) atoms. The molecule has 0 aliphatic heterocycles. The number of primary amides is 1. The monoisotopic (exact) mass is 223 g/mol. The molecule has 0 aliphatic rings. The van der Waals surface area contributed by atoms with Crippen LogP contribution in [-0.4, -0.2) is 28.5 Å². The zero-order valence-electron chi connectivity index (χ0n) is 9.19. The van der Waals surface area contributed by atoms with E-state index in [2.05, 4.69) is 9.97 Å². The zero-order valence-corrected chi connectivity index (χ0v) is 9.19. The summed E-state index contributed by atoms with van der Waals surface area (Å²) in [6.45, 7) is 3.67. The number of nitrogens with two attached hydrogens (primary N) is 1. The van der Waals surface area contributed by atoms with E-state index in [1.807, 2.05) is 0 Å². The summed E-state index contributed by atoms with van der Waals surface area (Å²) in [6, 6.07) is 0. The Morgan fingerprint density at radius 1 is 1.50 bits per heavy atom. The second kappa shape index (κ2) is 5.20. The molecule has 1 aromatic rings. The van der Waals surface area contributed by atoms with Crippen LogP contribution in [0.5, 0.6) is 0 Å². The van der Waals surface area contributed by atoms with Gasteiger partial charge >= 0.3 is 5.97 Å². The van der Waals surface area contributed by atoms with Gasteiger partial charge in [0.15, 0.2) is 5.69 Å². The molecule has 0 aromatic carbocycles. The van der Waals surface area contributed by atoms with E-state index in [1.165, 1.54) is 6.20 Å². The topological polar surface area (TPSA) is 95.2 Å². The Balaban J connectivity index is 2.98. The number of esters is 1. The van der Waals surface area contributed by atoms with Crippen molar-refractivity contribution in [3.8, 4) is 0 Å². The van der Waals surface area contributed by atoms with Crippen LogP contribution in [0.2, 0.25) is 0 Å². The molecule has 0 radical (unpaired) electrons. The fourth-order valence-electron chi connectivity index (χ4n) is 1.13. The molecule has 6 nitrogen and oxygen atoms in total. The van der Waals surface area contributed by atoms with E-state index in [-0.39, 0.29) is 24.5 Å².